The van der Waals surface area contributed by atoms with Gasteiger partial charge in [-0.1, -0.05) is 0 Å². The Kier molecular flexibility index (Phi) is 2.77. The second kappa shape index (κ2) is 4.36. The normalized spacial score (nSPS) is 15.2. The van der Waals surface area contributed by atoms with E-state index < -0.39 is 11.9 Å². The van der Waals surface area contributed by atoms with Crippen LogP contribution in [0.2, 0.25) is 0 Å². The fourth-order valence-electron chi connectivity index (χ4n) is 2.04. The number of rotatable bonds is 1. The Morgan fingerprint density at radius 3 is 2.50 bits per heavy atom. The molecule has 0 fully saturated rings. The van der Waals surface area contributed by atoms with E-state index in [9.17, 15) is 13.2 Å². The molecule has 0 saturated carbocycles. The van der Waals surface area contributed by atoms with Crippen molar-refractivity contribution < 1.29 is 18.3 Å². The summed E-state index contributed by atoms with van der Waals surface area (Å²) in [5.41, 5.74) is -0.888. The molecule has 0 atom stereocenters. The van der Waals surface area contributed by atoms with E-state index in [4.69, 9.17) is 5.11 Å². The first-order valence-corrected chi connectivity index (χ1v) is 5.83. The molecule has 9 heteroatoms. The zero-order valence-electron chi connectivity index (χ0n) is 10.2. The molecule has 6 nitrogen and oxygen atoms in total. The lowest BCUT2D eigenvalue weighted by atomic mass is 10.4. The molecule has 0 unspecified atom stereocenters. The predicted molar refractivity (Wildman–Crippen MR) is 62.0 cm³/mol. The van der Waals surface area contributed by atoms with Crippen LogP contribution in [0.15, 0.2) is 18.6 Å². The van der Waals surface area contributed by atoms with Crippen molar-refractivity contribution in [3.05, 3.63) is 30.1 Å². The van der Waals surface area contributed by atoms with Crippen LogP contribution in [0, 0.1) is 0 Å². The molecule has 0 saturated heterocycles. The van der Waals surface area contributed by atoms with Crippen LogP contribution in [0.25, 0.3) is 0 Å². The topological polar surface area (TPSA) is 67.1 Å². The molecule has 3 rings (SSSR count). The van der Waals surface area contributed by atoms with Gasteiger partial charge in [0.15, 0.2) is 11.4 Å². The molecule has 0 aromatic carbocycles. The van der Waals surface area contributed by atoms with Crippen LogP contribution in [0.3, 0.4) is 0 Å². The standard InChI is InChI=1S/C11H10F3N5O/c12-11(13,14)8-5-18-1-2-19(6-9(18)17-8)10-15-3-7(20)4-16-10/h3-5,20H,1-2,6H2. The minimum atomic E-state index is -4.44. The summed E-state index contributed by atoms with van der Waals surface area (Å²) in [6.07, 6.45) is -0.941. The van der Waals surface area contributed by atoms with Crippen molar-refractivity contribution >= 4 is 5.95 Å². The van der Waals surface area contributed by atoms with Crippen molar-refractivity contribution in [3.8, 4) is 5.75 Å². The van der Waals surface area contributed by atoms with Gasteiger partial charge in [0.05, 0.1) is 18.9 Å². The van der Waals surface area contributed by atoms with Crippen LogP contribution in [0.4, 0.5) is 19.1 Å². The number of aromatic nitrogens is 4. The summed E-state index contributed by atoms with van der Waals surface area (Å²) in [4.78, 5) is 13.2. The Bertz CT molecular complexity index is 622. The highest BCUT2D eigenvalue weighted by Gasteiger charge is 2.35. The van der Waals surface area contributed by atoms with Gasteiger partial charge >= 0.3 is 6.18 Å². The number of aromatic hydroxyl groups is 1. The second-order valence-electron chi connectivity index (χ2n) is 4.40. The van der Waals surface area contributed by atoms with E-state index in [-0.39, 0.29) is 12.3 Å². The summed E-state index contributed by atoms with van der Waals surface area (Å²) in [6.45, 7) is 1.05. The van der Waals surface area contributed by atoms with Crippen LogP contribution in [0.1, 0.15) is 11.5 Å². The van der Waals surface area contributed by atoms with E-state index in [0.717, 1.165) is 6.20 Å². The lowest BCUT2D eigenvalue weighted by Crippen LogP contribution is -2.34. The summed E-state index contributed by atoms with van der Waals surface area (Å²) >= 11 is 0. The van der Waals surface area contributed by atoms with Gasteiger partial charge in [-0.3, -0.25) is 0 Å². The van der Waals surface area contributed by atoms with Crippen LogP contribution in [0.5, 0.6) is 5.75 Å². The first kappa shape index (κ1) is 12.7. The predicted octanol–water partition coefficient (Wildman–Crippen LogP) is 1.42. The van der Waals surface area contributed by atoms with Crippen molar-refractivity contribution in [1.82, 2.24) is 19.5 Å². The summed E-state index contributed by atoms with van der Waals surface area (Å²) in [7, 11) is 0. The molecule has 0 bridgehead atoms. The van der Waals surface area contributed by atoms with Gasteiger partial charge in [-0.25, -0.2) is 15.0 Å². The molecule has 106 valence electrons. The SMILES string of the molecule is Oc1cnc(N2CCn3cc(C(F)(F)F)nc3C2)nc1. The monoisotopic (exact) mass is 285 g/mol. The van der Waals surface area contributed by atoms with Gasteiger partial charge in [-0.2, -0.15) is 13.2 Å². The molecule has 1 aliphatic rings. The second-order valence-corrected chi connectivity index (χ2v) is 4.40. The van der Waals surface area contributed by atoms with Crippen molar-refractivity contribution in [3.63, 3.8) is 0 Å². The maximum atomic E-state index is 12.6. The maximum Gasteiger partial charge on any atom is 0.434 e. The average Bonchev–Trinajstić information content (AvgIpc) is 2.82. The number of halogens is 3. The van der Waals surface area contributed by atoms with Gasteiger partial charge in [0.2, 0.25) is 5.95 Å². The summed E-state index contributed by atoms with van der Waals surface area (Å²) < 4.78 is 39.3. The molecule has 0 spiro atoms. The Morgan fingerprint density at radius 2 is 1.85 bits per heavy atom. The molecule has 2 aromatic heterocycles. The summed E-state index contributed by atoms with van der Waals surface area (Å²) in [5.74, 6) is 0.609. The minimum absolute atomic E-state index is 0.0633. The first-order chi connectivity index (χ1) is 9.43. The molecule has 3 heterocycles. The summed E-state index contributed by atoms with van der Waals surface area (Å²) in [5, 5.41) is 9.12. The Balaban J connectivity index is 1.85. The molecular formula is C11H10F3N5O. The third kappa shape index (κ3) is 2.26. The zero-order chi connectivity index (χ0) is 14.3. The number of hydrogen-bond donors (Lipinski definition) is 1. The number of anilines is 1. The highest BCUT2D eigenvalue weighted by Crippen LogP contribution is 2.29. The molecule has 1 N–H and O–H groups in total. The molecule has 0 amide bonds. The van der Waals surface area contributed by atoms with Crippen molar-refractivity contribution in [2.24, 2.45) is 0 Å². The van der Waals surface area contributed by atoms with E-state index in [1.165, 1.54) is 17.0 Å². The number of hydrogen-bond acceptors (Lipinski definition) is 5. The van der Waals surface area contributed by atoms with Crippen LogP contribution < -0.4 is 4.90 Å². The van der Waals surface area contributed by atoms with E-state index in [0.29, 0.717) is 24.9 Å². The van der Waals surface area contributed by atoms with E-state index in [1.807, 2.05) is 0 Å². The van der Waals surface area contributed by atoms with E-state index in [1.54, 1.807) is 4.90 Å². The highest BCUT2D eigenvalue weighted by atomic mass is 19.4. The lowest BCUT2D eigenvalue weighted by Gasteiger charge is -2.27. The zero-order valence-corrected chi connectivity index (χ0v) is 10.2. The summed E-state index contributed by atoms with van der Waals surface area (Å²) in [6, 6.07) is 0. The first-order valence-electron chi connectivity index (χ1n) is 5.83. The minimum Gasteiger partial charge on any atom is -0.505 e. The maximum absolute atomic E-state index is 12.6. The highest BCUT2D eigenvalue weighted by molar-refractivity contribution is 5.32. The number of nitrogens with zero attached hydrogens (tertiary/aromatic N) is 5. The number of imidazole rings is 1. The molecule has 0 aliphatic carbocycles. The van der Waals surface area contributed by atoms with E-state index >= 15 is 0 Å². The molecule has 0 radical (unpaired) electrons. The van der Waals surface area contributed by atoms with Crippen LogP contribution >= 0.6 is 0 Å². The quantitative estimate of drug-likeness (QED) is 0.858. The van der Waals surface area contributed by atoms with Crippen molar-refractivity contribution in [2.45, 2.75) is 19.3 Å². The Labute approximate surface area is 111 Å². The van der Waals surface area contributed by atoms with Gasteiger partial charge in [0, 0.05) is 19.3 Å². The molecule has 2 aromatic rings. The van der Waals surface area contributed by atoms with Gasteiger partial charge < -0.3 is 14.6 Å². The lowest BCUT2D eigenvalue weighted by molar-refractivity contribution is -0.141. The Morgan fingerprint density at radius 1 is 1.15 bits per heavy atom. The third-order valence-electron chi connectivity index (χ3n) is 3.00. The molecule has 1 aliphatic heterocycles. The Hall–Kier alpha value is -2.32. The van der Waals surface area contributed by atoms with Gasteiger partial charge in [-0.15, -0.1) is 0 Å². The van der Waals surface area contributed by atoms with Crippen molar-refractivity contribution in [2.75, 3.05) is 11.4 Å². The molecular weight excluding hydrogens is 275 g/mol. The van der Waals surface area contributed by atoms with Gasteiger partial charge in [0.1, 0.15) is 5.82 Å². The van der Waals surface area contributed by atoms with Crippen molar-refractivity contribution in [1.29, 1.82) is 0 Å². The fourth-order valence-corrected chi connectivity index (χ4v) is 2.04. The number of alkyl halides is 3. The van der Waals surface area contributed by atoms with Crippen LogP contribution in [-0.4, -0.2) is 31.2 Å². The van der Waals surface area contributed by atoms with E-state index in [2.05, 4.69) is 15.0 Å². The third-order valence-corrected chi connectivity index (χ3v) is 3.00. The average molecular weight is 285 g/mol. The van der Waals surface area contributed by atoms with Gasteiger partial charge in [0.25, 0.3) is 0 Å². The van der Waals surface area contributed by atoms with Gasteiger partial charge in [-0.05, 0) is 0 Å². The number of fused-ring (bicyclic) bond motifs is 1. The van der Waals surface area contributed by atoms with Crippen LogP contribution in [-0.2, 0) is 19.3 Å². The molecule has 20 heavy (non-hydrogen) atoms. The largest absolute Gasteiger partial charge is 0.505 e. The smallest absolute Gasteiger partial charge is 0.434 e. The fraction of sp³-hybridized carbons (Fsp3) is 0.364.